The number of ether oxygens (including phenoxy) is 5. The first kappa shape index (κ1) is 28.0. The number of nitrogen functional groups attached to an aromatic ring is 1. The summed E-state index contributed by atoms with van der Waals surface area (Å²) in [5.41, 5.74) is 7.75. The van der Waals surface area contributed by atoms with Gasteiger partial charge in [0.25, 0.3) is 0 Å². The summed E-state index contributed by atoms with van der Waals surface area (Å²) >= 11 is 0. The van der Waals surface area contributed by atoms with Crippen LogP contribution in [0.1, 0.15) is 51.0 Å². The van der Waals surface area contributed by atoms with Crippen LogP contribution in [0.15, 0.2) is 48.5 Å². The molecule has 0 aliphatic heterocycles. The van der Waals surface area contributed by atoms with Gasteiger partial charge in [0.2, 0.25) is 0 Å². The van der Waals surface area contributed by atoms with E-state index in [9.17, 15) is 0 Å². The molecular weight excluding hydrogens is 430 g/mol. The van der Waals surface area contributed by atoms with Gasteiger partial charge in [-0.1, -0.05) is 51.2 Å². The molecule has 0 aliphatic rings. The fourth-order valence-electron chi connectivity index (χ4n) is 3.40. The molecule has 0 saturated carbocycles. The molecule has 0 saturated heterocycles. The van der Waals surface area contributed by atoms with Crippen LogP contribution in [0.3, 0.4) is 0 Å². The maximum atomic E-state index is 5.75. The first-order valence-electron chi connectivity index (χ1n) is 12.7. The van der Waals surface area contributed by atoms with E-state index >= 15 is 0 Å². The fourth-order valence-corrected chi connectivity index (χ4v) is 3.40. The highest BCUT2D eigenvalue weighted by Gasteiger charge is 1.98. The Labute approximate surface area is 205 Å². The second-order valence-electron chi connectivity index (χ2n) is 8.26. The van der Waals surface area contributed by atoms with Crippen LogP contribution in [0.25, 0.3) is 0 Å². The standard InChI is InChI=1S/C28H43NO5/c1-2-3-4-5-6-7-8-25-9-13-27(14-10-25)33-23-21-31-19-17-30-18-20-32-22-24-34-28-15-11-26(29)12-16-28/h9-16H,2-8,17-24,29H2,1H3. The van der Waals surface area contributed by atoms with Gasteiger partial charge >= 0.3 is 0 Å². The highest BCUT2D eigenvalue weighted by Crippen LogP contribution is 2.15. The lowest BCUT2D eigenvalue weighted by Crippen LogP contribution is -2.14. The Morgan fingerprint density at radius 1 is 0.529 bits per heavy atom. The smallest absolute Gasteiger partial charge is 0.119 e. The SMILES string of the molecule is CCCCCCCCc1ccc(OCCOCCOCCOCCOc2ccc(N)cc2)cc1. The van der Waals surface area contributed by atoms with Crippen LogP contribution < -0.4 is 15.2 Å². The summed E-state index contributed by atoms with van der Waals surface area (Å²) in [6.07, 6.45) is 9.14. The molecule has 0 amide bonds. The van der Waals surface area contributed by atoms with E-state index < -0.39 is 0 Å². The van der Waals surface area contributed by atoms with E-state index in [0.29, 0.717) is 52.9 Å². The Bertz CT molecular complexity index is 721. The monoisotopic (exact) mass is 473 g/mol. The van der Waals surface area contributed by atoms with E-state index in [0.717, 1.165) is 23.6 Å². The number of benzene rings is 2. The molecule has 6 heteroatoms. The maximum Gasteiger partial charge on any atom is 0.119 e. The highest BCUT2D eigenvalue weighted by molar-refractivity contribution is 5.41. The van der Waals surface area contributed by atoms with Crippen molar-refractivity contribution >= 4 is 5.69 Å². The molecule has 0 aromatic heterocycles. The van der Waals surface area contributed by atoms with Gasteiger partial charge in [-0.3, -0.25) is 0 Å². The Morgan fingerprint density at radius 2 is 0.971 bits per heavy atom. The van der Waals surface area contributed by atoms with Crippen molar-refractivity contribution in [1.29, 1.82) is 0 Å². The minimum atomic E-state index is 0.495. The third kappa shape index (κ3) is 14.1. The van der Waals surface area contributed by atoms with Crippen molar-refractivity contribution in [3.8, 4) is 11.5 Å². The first-order valence-corrected chi connectivity index (χ1v) is 12.7. The molecule has 0 radical (unpaired) electrons. The van der Waals surface area contributed by atoms with E-state index in [1.807, 2.05) is 24.3 Å². The Morgan fingerprint density at radius 3 is 1.50 bits per heavy atom. The number of hydrogen-bond acceptors (Lipinski definition) is 6. The lowest BCUT2D eigenvalue weighted by Gasteiger charge is -2.09. The van der Waals surface area contributed by atoms with Gasteiger partial charge in [-0.2, -0.15) is 0 Å². The van der Waals surface area contributed by atoms with Crippen molar-refractivity contribution < 1.29 is 23.7 Å². The minimum absolute atomic E-state index is 0.495. The molecule has 0 spiro atoms. The maximum absolute atomic E-state index is 5.75. The van der Waals surface area contributed by atoms with Crippen LogP contribution >= 0.6 is 0 Å². The van der Waals surface area contributed by atoms with Gasteiger partial charge < -0.3 is 29.4 Å². The third-order valence-corrected chi connectivity index (χ3v) is 5.36. The summed E-state index contributed by atoms with van der Waals surface area (Å²) in [6, 6.07) is 15.8. The predicted molar refractivity (Wildman–Crippen MR) is 138 cm³/mol. The van der Waals surface area contributed by atoms with Crippen LogP contribution in [0.2, 0.25) is 0 Å². The van der Waals surface area contributed by atoms with E-state index in [4.69, 9.17) is 29.4 Å². The second kappa shape index (κ2) is 19.1. The summed E-state index contributed by atoms with van der Waals surface area (Å²) in [5.74, 6) is 1.68. The van der Waals surface area contributed by atoms with Crippen molar-refractivity contribution in [1.82, 2.24) is 0 Å². The molecule has 0 fully saturated rings. The minimum Gasteiger partial charge on any atom is -0.491 e. The molecule has 0 heterocycles. The molecule has 34 heavy (non-hydrogen) atoms. The van der Waals surface area contributed by atoms with Crippen molar-refractivity contribution in [2.45, 2.75) is 51.9 Å². The number of rotatable bonds is 21. The van der Waals surface area contributed by atoms with Gasteiger partial charge in [0.15, 0.2) is 0 Å². The molecule has 0 aliphatic carbocycles. The van der Waals surface area contributed by atoms with Crippen LogP contribution in [0.4, 0.5) is 5.69 Å². The summed E-state index contributed by atoms with van der Waals surface area (Å²) in [7, 11) is 0. The molecular formula is C28H43NO5. The zero-order chi connectivity index (χ0) is 24.1. The van der Waals surface area contributed by atoms with Gasteiger partial charge in [0.1, 0.15) is 24.7 Å². The zero-order valence-corrected chi connectivity index (χ0v) is 20.8. The fraction of sp³-hybridized carbons (Fsp3) is 0.571. The normalized spacial score (nSPS) is 11.0. The molecule has 2 aromatic carbocycles. The number of aryl methyl sites for hydroxylation is 1. The summed E-state index contributed by atoms with van der Waals surface area (Å²) in [6.45, 7) is 6.49. The van der Waals surface area contributed by atoms with E-state index in [2.05, 4.69) is 31.2 Å². The average Bonchev–Trinajstić information content (AvgIpc) is 2.86. The molecule has 2 aromatic rings. The Hall–Kier alpha value is -2.28. The van der Waals surface area contributed by atoms with Crippen LogP contribution in [-0.2, 0) is 20.6 Å². The van der Waals surface area contributed by atoms with Crippen LogP contribution in [-0.4, -0.2) is 52.9 Å². The summed E-state index contributed by atoms with van der Waals surface area (Å²) < 4.78 is 27.9. The number of hydrogen-bond donors (Lipinski definition) is 1. The van der Waals surface area contributed by atoms with Gasteiger partial charge in [0, 0.05) is 5.69 Å². The van der Waals surface area contributed by atoms with Crippen molar-refractivity contribution in [2.75, 3.05) is 58.6 Å². The lowest BCUT2D eigenvalue weighted by molar-refractivity contribution is 0.00499. The zero-order valence-electron chi connectivity index (χ0n) is 20.8. The number of anilines is 1. The molecule has 0 atom stereocenters. The van der Waals surface area contributed by atoms with E-state index in [-0.39, 0.29) is 0 Å². The van der Waals surface area contributed by atoms with Gasteiger partial charge in [0.05, 0.1) is 39.6 Å². The molecule has 0 bridgehead atoms. The predicted octanol–water partition coefficient (Wildman–Crippen LogP) is 5.68. The van der Waals surface area contributed by atoms with Crippen molar-refractivity contribution in [3.05, 3.63) is 54.1 Å². The number of unbranched alkanes of at least 4 members (excludes halogenated alkanes) is 5. The Balaban J connectivity index is 1.34. The quantitative estimate of drug-likeness (QED) is 0.186. The lowest BCUT2D eigenvalue weighted by atomic mass is 10.0. The second-order valence-corrected chi connectivity index (χ2v) is 8.26. The number of nitrogens with two attached hydrogens (primary N) is 1. The third-order valence-electron chi connectivity index (χ3n) is 5.36. The summed E-state index contributed by atoms with van der Waals surface area (Å²) in [5, 5.41) is 0. The van der Waals surface area contributed by atoms with Gasteiger partial charge in [-0.15, -0.1) is 0 Å². The van der Waals surface area contributed by atoms with Gasteiger partial charge in [-0.05, 0) is 54.8 Å². The summed E-state index contributed by atoms with van der Waals surface area (Å²) in [4.78, 5) is 0. The highest BCUT2D eigenvalue weighted by atomic mass is 16.6. The first-order chi connectivity index (χ1) is 16.8. The Kier molecular flexibility index (Phi) is 15.7. The van der Waals surface area contributed by atoms with Crippen LogP contribution in [0.5, 0.6) is 11.5 Å². The van der Waals surface area contributed by atoms with Crippen LogP contribution in [0, 0.1) is 0 Å². The van der Waals surface area contributed by atoms with E-state index in [1.165, 1.54) is 44.1 Å². The average molecular weight is 474 g/mol. The largest absolute Gasteiger partial charge is 0.491 e. The van der Waals surface area contributed by atoms with E-state index in [1.54, 1.807) is 0 Å². The molecule has 2 rings (SSSR count). The molecule has 2 N–H and O–H groups in total. The van der Waals surface area contributed by atoms with Gasteiger partial charge in [-0.25, -0.2) is 0 Å². The molecule has 6 nitrogen and oxygen atoms in total. The topological polar surface area (TPSA) is 72.2 Å². The molecule has 190 valence electrons. The van der Waals surface area contributed by atoms with Crippen molar-refractivity contribution in [2.24, 2.45) is 0 Å². The molecule has 0 unspecified atom stereocenters. The van der Waals surface area contributed by atoms with Crippen molar-refractivity contribution in [3.63, 3.8) is 0 Å².